The average molecular weight is 430 g/mol. The van der Waals surface area contributed by atoms with E-state index in [9.17, 15) is 9.59 Å². The van der Waals surface area contributed by atoms with Crippen molar-refractivity contribution in [2.24, 2.45) is 0 Å². The Hall–Kier alpha value is -4.26. The third-order valence-electron chi connectivity index (χ3n) is 4.95. The first kappa shape index (κ1) is 21.0. The number of nitrogens with one attached hydrogen (secondary N) is 2. The highest BCUT2D eigenvalue weighted by molar-refractivity contribution is 5.99. The summed E-state index contributed by atoms with van der Waals surface area (Å²) in [5.41, 5.74) is 3.61. The normalized spacial score (nSPS) is 10.6. The van der Waals surface area contributed by atoms with Crippen LogP contribution in [0.15, 0.2) is 72.8 Å². The minimum absolute atomic E-state index is 0.214. The number of hydrogen-bond donors (Lipinski definition) is 2. The van der Waals surface area contributed by atoms with E-state index < -0.39 is 18.5 Å². The molecule has 0 bridgehead atoms. The second kappa shape index (κ2) is 9.26. The van der Waals surface area contributed by atoms with Crippen LogP contribution < -0.4 is 14.8 Å². The highest BCUT2D eigenvalue weighted by Gasteiger charge is 2.16. The number of hydrogen-bond acceptors (Lipinski definition) is 5. The summed E-state index contributed by atoms with van der Waals surface area (Å²) < 4.78 is 15.7. The summed E-state index contributed by atoms with van der Waals surface area (Å²) >= 11 is 0. The molecular formula is C25H22N2O5. The van der Waals surface area contributed by atoms with E-state index in [0.29, 0.717) is 22.7 Å². The second-order valence-electron chi connectivity index (χ2n) is 7.04. The molecule has 162 valence electrons. The number of esters is 1. The molecule has 0 radical (unpaired) electrons. The Morgan fingerprint density at radius 2 is 1.59 bits per heavy atom. The third-order valence-corrected chi connectivity index (χ3v) is 4.95. The molecule has 1 aromatic heterocycles. The highest BCUT2D eigenvalue weighted by Crippen LogP contribution is 2.31. The van der Waals surface area contributed by atoms with Crippen molar-refractivity contribution < 1.29 is 23.8 Å². The molecule has 1 heterocycles. The molecule has 0 spiro atoms. The molecule has 32 heavy (non-hydrogen) atoms. The lowest BCUT2D eigenvalue weighted by Gasteiger charge is -2.07. The number of methoxy groups -OCH3 is 2. The summed E-state index contributed by atoms with van der Waals surface area (Å²) in [6.07, 6.45) is 0. The summed E-state index contributed by atoms with van der Waals surface area (Å²) in [4.78, 5) is 27.6. The van der Waals surface area contributed by atoms with Crippen LogP contribution >= 0.6 is 0 Å². The molecule has 2 N–H and O–H groups in total. The molecule has 3 aromatic carbocycles. The van der Waals surface area contributed by atoms with Crippen molar-refractivity contribution in [3.8, 4) is 22.6 Å². The monoisotopic (exact) mass is 430 g/mol. The van der Waals surface area contributed by atoms with Crippen LogP contribution in [0.5, 0.6) is 11.5 Å². The van der Waals surface area contributed by atoms with Gasteiger partial charge in [0, 0.05) is 17.1 Å². The van der Waals surface area contributed by atoms with Gasteiger partial charge in [-0.3, -0.25) is 4.79 Å². The van der Waals surface area contributed by atoms with Crippen LogP contribution in [0.4, 0.5) is 5.69 Å². The van der Waals surface area contributed by atoms with Gasteiger partial charge < -0.3 is 24.5 Å². The van der Waals surface area contributed by atoms with Crippen LogP contribution in [-0.2, 0) is 9.53 Å². The van der Waals surface area contributed by atoms with Crippen molar-refractivity contribution >= 4 is 28.5 Å². The van der Waals surface area contributed by atoms with Crippen molar-refractivity contribution in [2.45, 2.75) is 0 Å². The maximum absolute atomic E-state index is 12.4. The molecule has 7 heteroatoms. The molecular weight excluding hydrogens is 408 g/mol. The Balaban J connectivity index is 1.37. The summed E-state index contributed by atoms with van der Waals surface area (Å²) in [5, 5.41) is 3.46. The van der Waals surface area contributed by atoms with Gasteiger partial charge in [-0.2, -0.15) is 0 Å². The van der Waals surface area contributed by atoms with Gasteiger partial charge in [0.1, 0.15) is 17.2 Å². The smallest absolute Gasteiger partial charge is 0.355 e. The lowest BCUT2D eigenvalue weighted by molar-refractivity contribution is -0.119. The molecule has 0 atom stereocenters. The summed E-state index contributed by atoms with van der Waals surface area (Å²) in [5.74, 6) is 0.0685. The quantitative estimate of drug-likeness (QED) is 0.417. The van der Waals surface area contributed by atoms with Gasteiger partial charge in [0.15, 0.2) is 6.61 Å². The first-order valence-electron chi connectivity index (χ1n) is 9.94. The number of amides is 1. The van der Waals surface area contributed by atoms with Crippen LogP contribution in [0.2, 0.25) is 0 Å². The molecule has 4 rings (SSSR count). The van der Waals surface area contributed by atoms with Crippen LogP contribution in [-0.4, -0.2) is 37.7 Å². The minimum atomic E-state index is -0.642. The van der Waals surface area contributed by atoms with Crippen molar-refractivity contribution in [1.82, 2.24) is 4.98 Å². The fourth-order valence-corrected chi connectivity index (χ4v) is 3.36. The molecule has 7 nitrogen and oxygen atoms in total. The molecule has 0 aliphatic carbocycles. The predicted molar refractivity (Wildman–Crippen MR) is 122 cm³/mol. The van der Waals surface area contributed by atoms with Crippen LogP contribution in [0, 0.1) is 0 Å². The number of rotatable bonds is 7. The fraction of sp³-hybridized carbons (Fsp3) is 0.120. The van der Waals surface area contributed by atoms with Crippen molar-refractivity contribution in [1.29, 1.82) is 0 Å². The summed E-state index contributed by atoms with van der Waals surface area (Å²) in [6.45, 7) is -0.408. The van der Waals surface area contributed by atoms with Crippen molar-refractivity contribution in [3.63, 3.8) is 0 Å². The Morgan fingerprint density at radius 3 is 2.28 bits per heavy atom. The third kappa shape index (κ3) is 4.57. The second-order valence-corrected chi connectivity index (χ2v) is 7.04. The largest absolute Gasteiger partial charge is 0.497 e. The van der Waals surface area contributed by atoms with E-state index in [-0.39, 0.29) is 5.69 Å². The maximum atomic E-state index is 12.4. The molecule has 0 aliphatic rings. The Bertz CT molecular complexity index is 1250. The van der Waals surface area contributed by atoms with E-state index in [1.165, 1.54) is 7.11 Å². The number of H-pyrrole nitrogens is 1. The lowest BCUT2D eigenvalue weighted by Crippen LogP contribution is -2.21. The van der Waals surface area contributed by atoms with E-state index in [4.69, 9.17) is 14.2 Å². The van der Waals surface area contributed by atoms with Gasteiger partial charge >= 0.3 is 5.97 Å². The standard InChI is InChI=1S/C25H22N2O5/c1-30-20-12-18-13-21(27-24(18)22(14-20)31-2)25(29)32-15-23(28)26-19-10-8-17(9-11-19)16-6-4-3-5-7-16/h3-14,27H,15H2,1-2H3,(H,26,28). The first-order valence-corrected chi connectivity index (χ1v) is 9.94. The van der Waals surface area contributed by atoms with E-state index >= 15 is 0 Å². The fourth-order valence-electron chi connectivity index (χ4n) is 3.36. The highest BCUT2D eigenvalue weighted by atomic mass is 16.5. The zero-order valence-electron chi connectivity index (χ0n) is 17.7. The summed E-state index contributed by atoms with van der Waals surface area (Å²) in [7, 11) is 3.08. The number of aromatic nitrogens is 1. The summed E-state index contributed by atoms with van der Waals surface area (Å²) in [6, 6.07) is 22.5. The predicted octanol–water partition coefficient (Wildman–Crippen LogP) is 4.65. The number of aromatic amines is 1. The number of carbonyl (C=O) groups is 2. The van der Waals surface area contributed by atoms with Gasteiger partial charge in [-0.25, -0.2) is 4.79 Å². The molecule has 0 saturated heterocycles. The lowest BCUT2D eigenvalue weighted by atomic mass is 10.1. The van der Waals surface area contributed by atoms with E-state index in [1.54, 1.807) is 37.4 Å². The van der Waals surface area contributed by atoms with Gasteiger partial charge in [-0.1, -0.05) is 42.5 Å². The average Bonchev–Trinajstić information content (AvgIpc) is 3.27. The zero-order chi connectivity index (χ0) is 22.5. The van der Waals surface area contributed by atoms with Crippen LogP contribution in [0.25, 0.3) is 22.0 Å². The van der Waals surface area contributed by atoms with Crippen molar-refractivity contribution in [3.05, 3.63) is 78.5 Å². The van der Waals surface area contributed by atoms with E-state index in [2.05, 4.69) is 10.3 Å². The molecule has 0 aliphatic heterocycles. The van der Waals surface area contributed by atoms with E-state index in [0.717, 1.165) is 16.5 Å². The van der Waals surface area contributed by atoms with Gasteiger partial charge in [-0.05, 0) is 35.4 Å². The molecule has 0 saturated carbocycles. The van der Waals surface area contributed by atoms with E-state index in [1.807, 2.05) is 42.5 Å². The first-order chi connectivity index (χ1) is 15.6. The maximum Gasteiger partial charge on any atom is 0.355 e. The van der Waals surface area contributed by atoms with Gasteiger partial charge in [0.25, 0.3) is 5.91 Å². The number of anilines is 1. The van der Waals surface area contributed by atoms with Crippen molar-refractivity contribution in [2.75, 3.05) is 26.1 Å². The number of ether oxygens (including phenoxy) is 3. The van der Waals surface area contributed by atoms with Gasteiger partial charge in [0.2, 0.25) is 0 Å². The Labute approximate surface area is 184 Å². The molecule has 0 fully saturated rings. The molecule has 0 unspecified atom stereocenters. The van der Waals surface area contributed by atoms with Crippen LogP contribution in [0.3, 0.4) is 0 Å². The van der Waals surface area contributed by atoms with Gasteiger partial charge in [-0.15, -0.1) is 0 Å². The molecule has 1 amide bonds. The Morgan fingerprint density at radius 1 is 0.875 bits per heavy atom. The SMILES string of the molecule is COc1cc(OC)c2[nH]c(C(=O)OCC(=O)Nc3ccc(-c4ccccc4)cc3)cc2c1. The van der Waals surface area contributed by atoms with Crippen LogP contribution in [0.1, 0.15) is 10.5 Å². The minimum Gasteiger partial charge on any atom is -0.497 e. The number of benzene rings is 3. The topological polar surface area (TPSA) is 89.7 Å². The van der Waals surface area contributed by atoms with Gasteiger partial charge in [0.05, 0.1) is 19.7 Å². The Kier molecular flexibility index (Phi) is 6.07. The zero-order valence-corrected chi connectivity index (χ0v) is 17.7. The molecule has 4 aromatic rings. The number of fused-ring (bicyclic) bond motifs is 1. The number of carbonyl (C=O) groups excluding carboxylic acids is 2.